The van der Waals surface area contributed by atoms with Crippen LogP contribution in [0.25, 0.3) is 0 Å². The maximum absolute atomic E-state index is 12.9. The molecule has 0 saturated carbocycles. The average molecular weight is 486 g/mol. The minimum atomic E-state index is -3.57. The van der Waals surface area contributed by atoms with Crippen LogP contribution in [-0.4, -0.2) is 56.8 Å². The van der Waals surface area contributed by atoms with Crippen molar-refractivity contribution >= 4 is 15.9 Å². The number of carbonyl (C=O) groups is 1. The summed E-state index contributed by atoms with van der Waals surface area (Å²) in [6.07, 6.45) is 4.92. The lowest BCUT2D eigenvalue weighted by atomic mass is 9.97. The molecule has 1 N–H and O–H groups in total. The van der Waals surface area contributed by atoms with Crippen molar-refractivity contribution in [3.63, 3.8) is 0 Å². The molecule has 34 heavy (non-hydrogen) atoms. The molecule has 0 spiro atoms. The van der Waals surface area contributed by atoms with Crippen LogP contribution in [0.1, 0.15) is 43.2 Å². The van der Waals surface area contributed by atoms with E-state index in [0.29, 0.717) is 38.2 Å². The van der Waals surface area contributed by atoms with Gasteiger partial charge in [-0.25, -0.2) is 8.42 Å². The van der Waals surface area contributed by atoms with Crippen molar-refractivity contribution in [3.8, 4) is 5.75 Å². The summed E-state index contributed by atoms with van der Waals surface area (Å²) in [6.45, 7) is 4.47. The maximum Gasteiger partial charge on any atom is 0.243 e. The van der Waals surface area contributed by atoms with Crippen LogP contribution in [0.15, 0.2) is 53.4 Å². The van der Waals surface area contributed by atoms with Crippen molar-refractivity contribution in [2.75, 3.05) is 33.3 Å². The predicted molar refractivity (Wildman–Crippen MR) is 132 cm³/mol. The van der Waals surface area contributed by atoms with Gasteiger partial charge in [0.15, 0.2) is 0 Å². The van der Waals surface area contributed by atoms with Crippen molar-refractivity contribution in [1.29, 1.82) is 0 Å². The molecule has 2 saturated heterocycles. The number of amides is 1. The lowest BCUT2D eigenvalue weighted by Crippen LogP contribution is -2.42. The minimum Gasteiger partial charge on any atom is -0.497 e. The lowest BCUT2D eigenvalue weighted by molar-refractivity contribution is -0.126. The summed E-state index contributed by atoms with van der Waals surface area (Å²) in [5, 5.41) is 3.06. The normalized spacial score (nSPS) is 18.5. The Bertz CT molecular complexity index is 1060. The molecular weight excluding hydrogens is 450 g/mol. The van der Waals surface area contributed by atoms with Crippen LogP contribution in [-0.2, 0) is 27.9 Å². The zero-order valence-corrected chi connectivity index (χ0v) is 20.7. The number of likely N-dealkylation sites (tertiary alicyclic amines) is 1. The van der Waals surface area contributed by atoms with E-state index in [9.17, 15) is 13.2 Å². The van der Waals surface area contributed by atoms with E-state index in [0.717, 1.165) is 25.2 Å². The minimum absolute atomic E-state index is 0.00271. The zero-order chi connectivity index (χ0) is 24.0. The molecule has 0 bridgehead atoms. The van der Waals surface area contributed by atoms with Gasteiger partial charge in [-0.05, 0) is 74.2 Å². The van der Waals surface area contributed by atoms with Gasteiger partial charge >= 0.3 is 0 Å². The molecule has 2 aliphatic heterocycles. The third-order valence-electron chi connectivity index (χ3n) is 6.83. The zero-order valence-electron chi connectivity index (χ0n) is 19.9. The van der Waals surface area contributed by atoms with E-state index in [1.54, 1.807) is 31.4 Å². The largest absolute Gasteiger partial charge is 0.497 e. The van der Waals surface area contributed by atoms with Gasteiger partial charge in [0.2, 0.25) is 15.9 Å². The van der Waals surface area contributed by atoms with Crippen LogP contribution >= 0.6 is 0 Å². The molecule has 2 aliphatic rings. The summed E-state index contributed by atoms with van der Waals surface area (Å²) in [4.78, 5) is 15.5. The number of piperidine rings is 2. The Hall–Kier alpha value is -2.42. The second-order valence-corrected chi connectivity index (χ2v) is 11.2. The second-order valence-electron chi connectivity index (χ2n) is 9.23. The van der Waals surface area contributed by atoms with Crippen LogP contribution < -0.4 is 10.1 Å². The van der Waals surface area contributed by atoms with Crippen LogP contribution in [0.2, 0.25) is 0 Å². The molecule has 0 unspecified atom stereocenters. The number of hydrogen-bond acceptors (Lipinski definition) is 5. The van der Waals surface area contributed by atoms with Crippen molar-refractivity contribution in [3.05, 3.63) is 59.7 Å². The standard InChI is InChI=1S/C26H35N3O4S/c1-33-24-8-10-25(11-9-24)34(31,32)29-16-12-23(13-17-29)26(30)27-19-21-6-5-7-22(18-21)20-28-14-3-2-4-15-28/h5-11,18,23H,2-4,12-17,19-20H2,1H3,(H,27,30). The van der Waals surface area contributed by atoms with Crippen molar-refractivity contribution in [2.24, 2.45) is 5.92 Å². The summed E-state index contributed by atoms with van der Waals surface area (Å²) < 4.78 is 32.4. The van der Waals surface area contributed by atoms with Crippen molar-refractivity contribution in [1.82, 2.24) is 14.5 Å². The molecule has 0 aliphatic carbocycles. The Balaban J connectivity index is 1.26. The first-order chi connectivity index (χ1) is 16.5. The lowest BCUT2D eigenvalue weighted by Gasteiger charge is -2.30. The Morgan fingerprint density at radius 1 is 0.971 bits per heavy atom. The van der Waals surface area contributed by atoms with E-state index in [4.69, 9.17) is 4.74 Å². The fourth-order valence-corrected chi connectivity index (χ4v) is 6.27. The van der Waals surface area contributed by atoms with E-state index in [1.165, 1.54) is 29.1 Å². The second kappa shape index (κ2) is 11.3. The number of methoxy groups -OCH3 is 1. The molecule has 0 atom stereocenters. The number of carbonyl (C=O) groups excluding carboxylic acids is 1. The molecule has 2 heterocycles. The van der Waals surface area contributed by atoms with E-state index in [1.807, 2.05) is 6.07 Å². The van der Waals surface area contributed by atoms with Gasteiger partial charge in [0.05, 0.1) is 12.0 Å². The maximum atomic E-state index is 12.9. The van der Waals surface area contributed by atoms with Gasteiger partial charge in [-0.15, -0.1) is 0 Å². The number of nitrogens with zero attached hydrogens (tertiary/aromatic N) is 2. The predicted octanol–water partition coefficient (Wildman–Crippen LogP) is 3.40. The molecule has 2 aromatic rings. The highest BCUT2D eigenvalue weighted by Gasteiger charge is 2.32. The number of benzene rings is 2. The van der Waals surface area contributed by atoms with Gasteiger partial charge in [-0.1, -0.05) is 30.7 Å². The number of nitrogens with one attached hydrogen (secondary N) is 1. The third kappa shape index (κ3) is 6.17. The van der Waals surface area contributed by atoms with Gasteiger partial charge in [0, 0.05) is 32.1 Å². The Morgan fingerprint density at radius 2 is 1.65 bits per heavy atom. The molecule has 2 aromatic carbocycles. The van der Waals surface area contributed by atoms with Gasteiger partial charge in [0.1, 0.15) is 5.75 Å². The van der Waals surface area contributed by atoms with Gasteiger partial charge in [0.25, 0.3) is 0 Å². The average Bonchev–Trinajstić information content (AvgIpc) is 2.88. The van der Waals surface area contributed by atoms with Crippen molar-refractivity contribution in [2.45, 2.75) is 50.1 Å². The smallest absolute Gasteiger partial charge is 0.243 e. The van der Waals surface area contributed by atoms with Crippen LogP contribution in [0.4, 0.5) is 0 Å². The number of sulfonamides is 1. The Kier molecular flexibility index (Phi) is 8.24. The van der Waals surface area contributed by atoms with Crippen molar-refractivity contribution < 1.29 is 17.9 Å². The van der Waals surface area contributed by atoms with Crippen LogP contribution in [0.5, 0.6) is 5.75 Å². The summed E-state index contributed by atoms with van der Waals surface area (Å²) in [7, 11) is -2.02. The first-order valence-electron chi connectivity index (χ1n) is 12.2. The SMILES string of the molecule is COc1ccc(S(=O)(=O)N2CCC(C(=O)NCc3cccc(CN4CCCCC4)c3)CC2)cc1. The summed E-state index contributed by atoms with van der Waals surface area (Å²) >= 11 is 0. The molecule has 184 valence electrons. The highest BCUT2D eigenvalue weighted by molar-refractivity contribution is 7.89. The highest BCUT2D eigenvalue weighted by atomic mass is 32.2. The van der Waals surface area contributed by atoms with E-state index < -0.39 is 10.0 Å². The Morgan fingerprint density at radius 3 is 2.32 bits per heavy atom. The molecule has 8 heteroatoms. The molecule has 4 rings (SSSR count). The topological polar surface area (TPSA) is 79.0 Å². The molecule has 2 fully saturated rings. The first-order valence-corrected chi connectivity index (χ1v) is 13.6. The fraction of sp³-hybridized carbons (Fsp3) is 0.500. The van der Waals surface area contributed by atoms with Crippen LogP contribution in [0.3, 0.4) is 0 Å². The number of hydrogen-bond donors (Lipinski definition) is 1. The summed E-state index contributed by atoms with van der Waals surface area (Å²) in [5.74, 6) is 0.452. The van der Waals surface area contributed by atoms with E-state index in [2.05, 4.69) is 28.4 Å². The fourth-order valence-electron chi connectivity index (χ4n) is 4.80. The molecule has 7 nitrogen and oxygen atoms in total. The highest BCUT2D eigenvalue weighted by Crippen LogP contribution is 2.25. The molecular formula is C26H35N3O4S. The molecule has 0 radical (unpaired) electrons. The van der Waals surface area contributed by atoms with Crippen LogP contribution in [0, 0.1) is 5.92 Å². The van der Waals surface area contributed by atoms with Gasteiger partial charge < -0.3 is 10.1 Å². The third-order valence-corrected chi connectivity index (χ3v) is 8.75. The number of ether oxygens (including phenoxy) is 1. The first kappa shape index (κ1) is 24.7. The van der Waals surface area contributed by atoms with E-state index >= 15 is 0 Å². The Labute approximate surface area is 203 Å². The van der Waals surface area contributed by atoms with E-state index in [-0.39, 0.29) is 16.7 Å². The van der Waals surface area contributed by atoms with Gasteiger partial charge in [-0.3, -0.25) is 9.69 Å². The monoisotopic (exact) mass is 485 g/mol. The molecule has 0 aromatic heterocycles. The summed E-state index contributed by atoms with van der Waals surface area (Å²) in [6, 6.07) is 14.9. The molecule has 1 amide bonds. The van der Waals surface area contributed by atoms with Gasteiger partial charge in [-0.2, -0.15) is 4.31 Å². The number of rotatable bonds is 8. The summed E-state index contributed by atoms with van der Waals surface area (Å²) in [5.41, 5.74) is 2.38. The quantitative estimate of drug-likeness (QED) is 0.620.